The van der Waals surface area contributed by atoms with E-state index in [9.17, 15) is 5.11 Å². The molecule has 0 bridgehead atoms. The van der Waals surface area contributed by atoms with Crippen LogP contribution in [0.1, 0.15) is 4.88 Å². The third-order valence-corrected chi connectivity index (χ3v) is 4.72. The van der Waals surface area contributed by atoms with Gasteiger partial charge in [0.25, 0.3) is 0 Å². The Morgan fingerprint density at radius 3 is 3.00 bits per heavy atom. The van der Waals surface area contributed by atoms with Gasteiger partial charge in [-0.1, -0.05) is 17.7 Å². The Bertz CT molecular complexity index is 775. The lowest BCUT2D eigenvalue weighted by molar-refractivity contribution is 0.194. The Morgan fingerprint density at radius 2 is 2.27 bits per heavy atom. The second-order valence-corrected chi connectivity index (χ2v) is 6.35. The van der Waals surface area contributed by atoms with E-state index in [1.807, 2.05) is 17.5 Å². The van der Waals surface area contributed by atoms with Crippen LogP contribution in [-0.4, -0.2) is 25.3 Å². The summed E-state index contributed by atoms with van der Waals surface area (Å²) in [6, 6.07) is 7.60. The van der Waals surface area contributed by atoms with E-state index in [-0.39, 0.29) is 6.73 Å². The summed E-state index contributed by atoms with van der Waals surface area (Å²) in [4.78, 5) is 1.81. The molecule has 3 aromatic rings. The molecule has 6 nitrogen and oxygen atoms in total. The van der Waals surface area contributed by atoms with Gasteiger partial charge in [0.05, 0.1) is 5.02 Å². The summed E-state index contributed by atoms with van der Waals surface area (Å²) < 4.78 is 1.30. The van der Waals surface area contributed by atoms with Crippen molar-refractivity contribution >= 4 is 41.3 Å². The average molecular weight is 354 g/mol. The van der Waals surface area contributed by atoms with E-state index in [1.54, 1.807) is 23.5 Å². The van der Waals surface area contributed by atoms with Crippen LogP contribution in [0.5, 0.6) is 0 Å². The van der Waals surface area contributed by atoms with Crippen molar-refractivity contribution in [2.75, 3.05) is 5.32 Å². The first-order valence-electron chi connectivity index (χ1n) is 6.35. The number of thiophene rings is 1. The molecule has 0 aliphatic carbocycles. The predicted molar refractivity (Wildman–Crippen MR) is 89.4 cm³/mol. The van der Waals surface area contributed by atoms with E-state index in [1.165, 1.54) is 9.56 Å². The van der Waals surface area contributed by atoms with Crippen molar-refractivity contribution in [3.05, 3.63) is 39.5 Å². The van der Waals surface area contributed by atoms with E-state index < -0.39 is 0 Å². The zero-order chi connectivity index (χ0) is 15.5. The van der Waals surface area contributed by atoms with Crippen LogP contribution in [0.25, 0.3) is 11.4 Å². The van der Waals surface area contributed by atoms with Gasteiger partial charge in [-0.2, -0.15) is 4.68 Å². The van der Waals surface area contributed by atoms with Gasteiger partial charge in [-0.25, -0.2) is 0 Å². The van der Waals surface area contributed by atoms with Crippen LogP contribution in [-0.2, 0) is 13.3 Å². The zero-order valence-electron chi connectivity index (χ0n) is 11.3. The lowest BCUT2D eigenvalue weighted by atomic mass is 10.1. The van der Waals surface area contributed by atoms with Gasteiger partial charge in [0, 0.05) is 27.6 Å². The highest BCUT2D eigenvalue weighted by Crippen LogP contribution is 2.34. The number of nitrogens with zero attached hydrogens (tertiary/aromatic N) is 4. The highest BCUT2D eigenvalue weighted by Gasteiger charge is 2.15. The summed E-state index contributed by atoms with van der Waals surface area (Å²) in [6.07, 6.45) is 0. The maximum Gasteiger partial charge on any atom is 0.186 e. The van der Waals surface area contributed by atoms with Gasteiger partial charge in [-0.15, -0.1) is 29.1 Å². The van der Waals surface area contributed by atoms with Crippen molar-refractivity contribution < 1.29 is 5.11 Å². The molecule has 2 heterocycles. The van der Waals surface area contributed by atoms with Crippen molar-refractivity contribution in [1.29, 1.82) is 0 Å². The number of aromatic nitrogens is 4. The Hall–Kier alpha value is -1.61. The number of hydrogen-bond donors (Lipinski definition) is 3. The minimum atomic E-state index is -0.308. The first-order valence-corrected chi connectivity index (χ1v) is 8.05. The molecule has 1 aromatic carbocycles. The van der Waals surface area contributed by atoms with Crippen LogP contribution in [0.15, 0.2) is 34.5 Å². The van der Waals surface area contributed by atoms with Crippen LogP contribution in [0.4, 0.5) is 5.69 Å². The van der Waals surface area contributed by atoms with Crippen molar-refractivity contribution in [1.82, 2.24) is 20.2 Å². The van der Waals surface area contributed by atoms with E-state index >= 15 is 0 Å². The zero-order valence-corrected chi connectivity index (χ0v) is 13.7. The number of hydrogen-bond acceptors (Lipinski definition) is 7. The maximum atomic E-state index is 9.32. The Morgan fingerprint density at radius 1 is 1.41 bits per heavy atom. The lowest BCUT2D eigenvalue weighted by Crippen LogP contribution is -2.05. The Balaban J connectivity index is 1.98. The standard InChI is InChI=1S/C13H12ClN5OS2/c14-10-5-11(15-6-8-2-1-3-22-8)9(4-12(10)21)13-16-17-18-19(13)7-20/h1-5,15,20-21H,6-7H2. The van der Waals surface area contributed by atoms with Crippen LogP contribution in [0.3, 0.4) is 0 Å². The molecule has 114 valence electrons. The minimum Gasteiger partial charge on any atom is -0.380 e. The number of nitrogens with one attached hydrogen (secondary N) is 1. The second-order valence-electron chi connectivity index (χ2n) is 4.43. The van der Waals surface area contributed by atoms with Crippen LogP contribution < -0.4 is 5.32 Å². The monoisotopic (exact) mass is 353 g/mol. The van der Waals surface area contributed by atoms with Gasteiger partial charge >= 0.3 is 0 Å². The molecule has 0 atom stereocenters. The van der Waals surface area contributed by atoms with Gasteiger partial charge in [-0.3, -0.25) is 0 Å². The van der Waals surface area contributed by atoms with Crippen molar-refractivity contribution in [2.45, 2.75) is 18.2 Å². The molecule has 0 radical (unpaired) electrons. The summed E-state index contributed by atoms with van der Waals surface area (Å²) in [5.74, 6) is 0.447. The molecule has 0 saturated heterocycles. The van der Waals surface area contributed by atoms with E-state index in [2.05, 4.69) is 33.5 Å². The molecule has 0 unspecified atom stereocenters. The maximum absolute atomic E-state index is 9.32. The number of rotatable bonds is 5. The van der Waals surface area contributed by atoms with Crippen molar-refractivity contribution in [2.24, 2.45) is 0 Å². The Labute approximate surface area is 141 Å². The summed E-state index contributed by atoms with van der Waals surface area (Å²) in [7, 11) is 0. The van der Waals surface area contributed by atoms with Gasteiger partial charge in [0.1, 0.15) is 6.73 Å². The molecule has 3 rings (SSSR count). The average Bonchev–Trinajstić information content (AvgIpc) is 3.18. The number of benzene rings is 1. The van der Waals surface area contributed by atoms with Crippen molar-refractivity contribution in [3.8, 4) is 11.4 Å². The summed E-state index contributed by atoms with van der Waals surface area (Å²) >= 11 is 12.2. The first-order chi connectivity index (χ1) is 10.7. The number of aliphatic hydroxyl groups excluding tert-OH is 1. The molecule has 0 spiro atoms. The van der Waals surface area contributed by atoms with Gasteiger partial charge in [0.15, 0.2) is 5.82 Å². The third-order valence-electron chi connectivity index (χ3n) is 3.03. The molecule has 9 heteroatoms. The fraction of sp³-hybridized carbons (Fsp3) is 0.154. The number of halogens is 1. The summed E-state index contributed by atoms with van der Waals surface area (Å²) in [6.45, 7) is 0.352. The molecular formula is C13H12ClN5OS2. The van der Waals surface area contributed by atoms with Gasteiger partial charge in [-0.05, 0) is 34.0 Å². The fourth-order valence-electron chi connectivity index (χ4n) is 1.98. The molecule has 2 aromatic heterocycles. The van der Waals surface area contributed by atoms with E-state index in [4.69, 9.17) is 11.6 Å². The van der Waals surface area contributed by atoms with Crippen LogP contribution in [0, 0.1) is 0 Å². The summed E-state index contributed by atoms with van der Waals surface area (Å²) in [5.41, 5.74) is 1.51. The molecule has 0 aliphatic heterocycles. The van der Waals surface area contributed by atoms with E-state index in [0.717, 1.165) is 11.3 Å². The lowest BCUT2D eigenvalue weighted by Gasteiger charge is -2.13. The Kier molecular flexibility index (Phi) is 4.63. The highest BCUT2D eigenvalue weighted by molar-refractivity contribution is 7.80. The van der Waals surface area contributed by atoms with E-state index in [0.29, 0.717) is 22.3 Å². The molecular weight excluding hydrogens is 342 g/mol. The molecule has 22 heavy (non-hydrogen) atoms. The quantitative estimate of drug-likeness (QED) is 0.615. The highest BCUT2D eigenvalue weighted by atomic mass is 35.5. The molecule has 2 N–H and O–H groups in total. The number of aliphatic hydroxyl groups is 1. The fourth-order valence-corrected chi connectivity index (χ4v) is 2.98. The van der Waals surface area contributed by atoms with Crippen molar-refractivity contribution in [3.63, 3.8) is 0 Å². The molecule has 0 fully saturated rings. The van der Waals surface area contributed by atoms with Crippen LogP contribution in [0.2, 0.25) is 5.02 Å². The van der Waals surface area contributed by atoms with Crippen LogP contribution >= 0.6 is 35.6 Å². The molecule has 0 aliphatic rings. The topological polar surface area (TPSA) is 75.9 Å². The SMILES string of the molecule is OCn1nnnc1-c1cc(S)c(Cl)cc1NCc1cccs1. The number of tetrazole rings is 1. The van der Waals surface area contributed by atoms with Gasteiger partial charge in [0.2, 0.25) is 0 Å². The minimum absolute atomic E-state index is 0.308. The third kappa shape index (κ3) is 3.09. The second kappa shape index (κ2) is 6.66. The summed E-state index contributed by atoms with van der Waals surface area (Å²) in [5, 5.41) is 26.5. The molecule has 0 amide bonds. The van der Waals surface area contributed by atoms with Gasteiger partial charge < -0.3 is 10.4 Å². The number of thiol groups is 1. The molecule has 0 saturated carbocycles. The largest absolute Gasteiger partial charge is 0.380 e. The first kappa shape index (κ1) is 15.3. The normalized spacial score (nSPS) is 10.9. The smallest absolute Gasteiger partial charge is 0.186 e. The number of anilines is 1. The predicted octanol–water partition coefficient (Wildman–Crippen LogP) is 2.91.